The van der Waals surface area contributed by atoms with Crippen molar-refractivity contribution >= 4 is 39.1 Å². The maximum atomic E-state index is 6.65. The van der Waals surface area contributed by atoms with Gasteiger partial charge in [0.05, 0.1) is 23.6 Å². The first-order chi connectivity index (χ1) is 10.1. The van der Waals surface area contributed by atoms with E-state index in [1.165, 1.54) is 0 Å². The molecule has 1 atom stereocenters. The third-order valence-electron chi connectivity index (χ3n) is 3.52. The second-order valence-electron chi connectivity index (χ2n) is 4.84. The topological polar surface area (TPSA) is 18.5 Å². The molecule has 1 heterocycles. The van der Waals surface area contributed by atoms with Crippen molar-refractivity contribution in [1.29, 1.82) is 0 Å². The molecule has 0 N–H and O–H groups in total. The second kappa shape index (κ2) is 6.07. The quantitative estimate of drug-likeness (QED) is 0.658. The van der Waals surface area contributed by atoms with Gasteiger partial charge in [-0.1, -0.05) is 17.7 Å². The second-order valence-corrected chi connectivity index (χ2v) is 6.57. The molecule has 0 saturated carbocycles. The van der Waals surface area contributed by atoms with Crippen LogP contribution in [0.3, 0.4) is 0 Å². The molecule has 3 rings (SSSR count). The van der Waals surface area contributed by atoms with Gasteiger partial charge in [-0.15, -0.1) is 11.6 Å². The van der Waals surface area contributed by atoms with Crippen LogP contribution in [0.5, 0.6) is 11.5 Å². The number of hydrogen-bond donors (Lipinski definition) is 0. The molecular formula is C16H13BrCl2O2. The van der Waals surface area contributed by atoms with Crippen molar-refractivity contribution in [2.24, 2.45) is 0 Å². The number of fused-ring (bicyclic) bond motifs is 1. The van der Waals surface area contributed by atoms with E-state index in [0.29, 0.717) is 11.6 Å². The lowest BCUT2D eigenvalue weighted by Crippen LogP contribution is -1.98. The monoisotopic (exact) mass is 386 g/mol. The van der Waals surface area contributed by atoms with Crippen molar-refractivity contribution in [3.05, 3.63) is 56.5 Å². The lowest BCUT2D eigenvalue weighted by atomic mass is 10.0. The molecule has 0 amide bonds. The summed E-state index contributed by atoms with van der Waals surface area (Å²) in [6.45, 7) is 0.679. The Morgan fingerprint density at radius 2 is 2.10 bits per heavy atom. The SMILES string of the molecule is COc1ccc(C(Cl)c2cc(Cl)cc3c2OCC3)cc1Br. The fourth-order valence-electron chi connectivity index (χ4n) is 2.51. The number of benzene rings is 2. The van der Waals surface area contributed by atoms with Crippen LogP contribution in [-0.4, -0.2) is 13.7 Å². The Morgan fingerprint density at radius 1 is 1.29 bits per heavy atom. The van der Waals surface area contributed by atoms with Crippen molar-refractivity contribution in [3.63, 3.8) is 0 Å². The average molecular weight is 388 g/mol. The third kappa shape index (κ3) is 2.87. The van der Waals surface area contributed by atoms with E-state index in [2.05, 4.69) is 15.9 Å². The van der Waals surface area contributed by atoms with Gasteiger partial charge >= 0.3 is 0 Å². The summed E-state index contributed by atoms with van der Waals surface area (Å²) >= 11 is 16.3. The number of ether oxygens (including phenoxy) is 2. The summed E-state index contributed by atoms with van der Waals surface area (Å²) in [5, 5.41) is 0.366. The highest BCUT2D eigenvalue weighted by Gasteiger charge is 2.23. The Bertz CT molecular complexity index is 688. The van der Waals surface area contributed by atoms with Gasteiger partial charge in [0.1, 0.15) is 11.5 Å². The minimum Gasteiger partial charge on any atom is -0.496 e. The fourth-order valence-corrected chi connectivity index (χ4v) is 3.61. The van der Waals surface area contributed by atoms with Crippen molar-refractivity contribution in [2.75, 3.05) is 13.7 Å². The van der Waals surface area contributed by atoms with Crippen LogP contribution < -0.4 is 9.47 Å². The van der Waals surface area contributed by atoms with Crippen LogP contribution in [0, 0.1) is 0 Å². The zero-order valence-corrected chi connectivity index (χ0v) is 14.4. The molecule has 2 aromatic carbocycles. The van der Waals surface area contributed by atoms with E-state index >= 15 is 0 Å². The van der Waals surface area contributed by atoms with Gasteiger partial charge in [-0.2, -0.15) is 0 Å². The van der Waals surface area contributed by atoms with Gasteiger partial charge in [0.25, 0.3) is 0 Å². The van der Waals surface area contributed by atoms with Crippen LogP contribution in [0.25, 0.3) is 0 Å². The van der Waals surface area contributed by atoms with E-state index in [-0.39, 0.29) is 5.38 Å². The van der Waals surface area contributed by atoms with E-state index in [1.54, 1.807) is 7.11 Å². The molecule has 21 heavy (non-hydrogen) atoms. The number of alkyl halides is 1. The molecule has 2 aromatic rings. The first-order valence-electron chi connectivity index (χ1n) is 6.52. The van der Waals surface area contributed by atoms with Crippen molar-refractivity contribution in [3.8, 4) is 11.5 Å². The summed E-state index contributed by atoms with van der Waals surface area (Å²) in [4.78, 5) is 0. The van der Waals surface area contributed by atoms with Gasteiger partial charge in [0, 0.05) is 17.0 Å². The molecule has 110 valence electrons. The standard InChI is InChI=1S/C16H13BrCl2O2/c1-20-14-3-2-9(7-13(14)17)15(19)12-8-11(18)6-10-4-5-21-16(10)12/h2-3,6-8,15H,4-5H2,1H3. The minimum absolute atomic E-state index is 0.322. The number of halogens is 3. The molecule has 1 aliphatic rings. The van der Waals surface area contributed by atoms with Crippen molar-refractivity contribution < 1.29 is 9.47 Å². The molecular weight excluding hydrogens is 375 g/mol. The van der Waals surface area contributed by atoms with Gasteiger partial charge < -0.3 is 9.47 Å². The molecule has 0 aliphatic carbocycles. The first-order valence-corrected chi connectivity index (χ1v) is 8.13. The highest BCUT2D eigenvalue weighted by molar-refractivity contribution is 9.10. The van der Waals surface area contributed by atoms with Crippen LogP contribution in [0.2, 0.25) is 5.02 Å². The Morgan fingerprint density at radius 3 is 2.81 bits per heavy atom. The first kappa shape index (κ1) is 15.0. The van der Waals surface area contributed by atoms with Crippen molar-refractivity contribution in [2.45, 2.75) is 11.8 Å². The summed E-state index contributed by atoms with van der Waals surface area (Å²) in [5.41, 5.74) is 2.99. The van der Waals surface area contributed by atoms with E-state index in [0.717, 1.165) is 39.1 Å². The largest absolute Gasteiger partial charge is 0.496 e. The maximum absolute atomic E-state index is 6.65. The zero-order valence-electron chi connectivity index (χ0n) is 11.3. The Kier molecular flexibility index (Phi) is 4.34. The number of rotatable bonds is 3. The Balaban J connectivity index is 2.03. The summed E-state index contributed by atoms with van der Waals surface area (Å²) in [7, 11) is 1.63. The van der Waals surface area contributed by atoms with Gasteiger partial charge in [-0.25, -0.2) is 0 Å². The number of methoxy groups -OCH3 is 1. The van der Waals surface area contributed by atoms with Crippen LogP contribution in [0.15, 0.2) is 34.8 Å². The van der Waals surface area contributed by atoms with Gasteiger partial charge in [-0.3, -0.25) is 0 Å². The molecule has 0 radical (unpaired) electrons. The molecule has 0 saturated heterocycles. The molecule has 1 aliphatic heterocycles. The fraction of sp³-hybridized carbons (Fsp3) is 0.250. The highest BCUT2D eigenvalue weighted by Crippen LogP contribution is 2.42. The van der Waals surface area contributed by atoms with E-state index in [1.807, 2.05) is 30.3 Å². The van der Waals surface area contributed by atoms with Crippen LogP contribution in [0.1, 0.15) is 22.1 Å². The van der Waals surface area contributed by atoms with Gasteiger partial charge in [0.2, 0.25) is 0 Å². The lowest BCUT2D eigenvalue weighted by Gasteiger charge is -2.16. The summed E-state index contributed by atoms with van der Waals surface area (Å²) in [6, 6.07) is 9.62. The van der Waals surface area contributed by atoms with Crippen LogP contribution in [-0.2, 0) is 6.42 Å². The Labute approximate surface area is 142 Å². The number of hydrogen-bond acceptors (Lipinski definition) is 2. The molecule has 0 fully saturated rings. The van der Waals surface area contributed by atoms with Gasteiger partial charge in [0.15, 0.2) is 0 Å². The normalized spacial score (nSPS) is 14.5. The third-order valence-corrected chi connectivity index (χ3v) is 4.84. The molecule has 1 unspecified atom stereocenters. The van der Waals surface area contributed by atoms with Gasteiger partial charge in [-0.05, 0) is 51.3 Å². The lowest BCUT2D eigenvalue weighted by molar-refractivity contribution is 0.353. The van der Waals surface area contributed by atoms with Crippen LogP contribution in [0.4, 0.5) is 0 Å². The molecule has 2 nitrogen and oxygen atoms in total. The maximum Gasteiger partial charge on any atom is 0.133 e. The summed E-state index contributed by atoms with van der Waals surface area (Å²) < 4.78 is 11.8. The molecule has 0 bridgehead atoms. The molecule has 0 spiro atoms. The Hall–Kier alpha value is -0.900. The van der Waals surface area contributed by atoms with E-state index in [9.17, 15) is 0 Å². The van der Waals surface area contributed by atoms with E-state index < -0.39 is 0 Å². The molecule has 0 aromatic heterocycles. The summed E-state index contributed by atoms with van der Waals surface area (Å²) in [5.74, 6) is 1.64. The minimum atomic E-state index is -0.322. The highest BCUT2D eigenvalue weighted by atomic mass is 79.9. The average Bonchev–Trinajstić information content (AvgIpc) is 2.93. The summed E-state index contributed by atoms with van der Waals surface area (Å²) in [6.07, 6.45) is 0.874. The van der Waals surface area contributed by atoms with Crippen LogP contribution >= 0.6 is 39.1 Å². The molecule has 5 heteroatoms. The predicted molar refractivity (Wildman–Crippen MR) is 89.0 cm³/mol. The van der Waals surface area contributed by atoms with E-state index in [4.69, 9.17) is 32.7 Å². The van der Waals surface area contributed by atoms with Crippen molar-refractivity contribution in [1.82, 2.24) is 0 Å². The zero-order chi connectivity index (χ0) is 15.0. The predicted octanol–water partition coefficient (Wildman–Crippen LogP) is 5.37. The smallest absolute Gasteiger partial charge is 0.133 e.